The van der Waals surface area contributed by atoms with Crippen molar-refractivity contribution in [3.63, 3.8) is 0 Å². The summed E-state index contributed by atoms with van der Waals surface area (Å²) >= 11 is 1.60. The summed E-state index contributed by atoms with van der Waals surface area (Å²) in [4.78, 5) is 37.9. The first kappa shape index (κ1) is 18.4. The number of aromatic nitrogens is 4. The first-order valence-electron chi connectivity index (χ1n) is 11.1. The van der Waals surface area contributed by atoms with Crippen LogP contribution in [-0.4, -0.2) is 19.5 Å². The molecule has 158 valence electrons. The highest BCUT2D eigenvalue weighted by Gasteiger charge is 2.34. The Balaban J connectivity index is 1.47. The van der Waals surface area contributed by atoms with Gasteiger partial charge in [0.1, 0.15) is 16.2 Å². The number of aromatic amines is 1. The Morgan fingerprint density at radius 2 is 1.53 bits per heavy atom. The molecule has 0 aliphatic heterocycles. The molecule has 7 heteroatoms. The average Bonchev–Trinajstić information content (AvgIpc) is 3.72. The molecule has 0 spiro atoms. The van der Waals surface area contributed by atoms with Gasteiger partial charge in [-0.05, 0) is 47.9 Å². The van der Waals surface area contributed by atoms with Gasteiger partial charge in [-0.2, -0.15) is 0 Å². The minimum atomic E-state index is -0.397. The lowest BCUT2D eigenvalue weighted by molar-refractivity contribution is 0.691. The van der Waals surface area contributed by atoms with Crippen molar-refractivity contribution in [2.24, 2.45) is 0 Å². The first-order valence-corrected chi connectivity index (χ1v) is 12.0. The number of rotatable bonds is 4. The van der Waals surface area contributed by atoms with Crippen LogP contribution in [0.5, 0.6) is 0 Å². The number of hydrogen-bond acceptors (Lipinski definition) is 5. The van der Waals surface area contributed by atoms with Crippen LogP contribution >= 0.6 is 11.8 Å². The van der Waals surface area contributed by atoms with Gasteiger partial charge in [-0.3, -0.25) is 14.3 Å². The van der Waals surface area contributed by atoms with Crippen molar-refractivity contribution in [1.29, 1.82) is 0 Å². The summed E-state index contributed by atoms with van der Waals surface area (Å²) < 4.78 is 1.69. The summed E-state index contributed by atoms with van der Waals surface area (Å²) in [6, 6.07) is 17.0. The van der Waals surface area contributed by atoms with Crippen molar-refractivity contribution >= 4 is 22.8 Å². The van der Waals surface area contributed by atoms with Gasteiger partial charge < -0.3 is 0 Å². The molecule has 0 atom stereocenters. The normalized spacial score (nSPS) is 17.5. The van der Waals surface area contributed by atoms with E-state index >= 15 is 0 Å². The molecule has 0 bridgehead atoms. The molecular weight excluding hydrogens is 420 g/mol. The van der Waals surface area contributed by atoms with Gasteiger partial charge in [-0.25, -0.2) is 14.8 Å². The number of H-pyrrole nitrogens is 1. The zero-order valence-electron chi connectivity index (χ0n) is 17.2. The SMILES string of the molecule is O=c1[nH]c(=O)n(C2CC2)c2nc(C3CC3)nc(SC3c4ccccc4-c4ccccc43)c12. The summed E-state index contributed by atoms with van der Waals surface area (Å²) in [5, 5.41) is 1.14. The van der Waals surface area contributed by atoms with E-state index in [1.807, 2.05) is 0 Å². The third-order valence-electron chi connectivity index (χ3n) is 6.63. The van der Waals surface area contributed by atoms with Gasteiger partial charge in [0, 0.05) is 12.0 Å². The summed E-state index contributed by atoms with van der Waals surface area (Å²) in [5.74, 6) is 1.09. The summed E-state index contributed by atoms with van der Waals surface area (Å²) in [6.45, 7) is 0. The molecule has 0 unspecified atom stereocenters. The molecule has 2 saturated carbocycles. The molecule has 2 aromatic heterocycles. The van der Waals surface area contributed by atoms with Crippen molar-refractivity contribution in [1.82, 2.24) is 19.5 Å². The molecule has 4 aromatic rings. The van der Waals surface area contributed by atoms with Crippen LogP contribution in [0.25, 0.3) is 22.2 Å². The highest BCUT2D eigenvalue weighted by molar-refractivity contribution is 7.99. The Bertz CT molecular complexity index is 1490. The van der Waals surface area contributed by atoms with Crippen LogP contribution in [0.4, 0.5) is 0 Å². The Kier molecular flexibility index (Phi) is 3.82. The molecule has 3 aliphatic carbocycles. The van der Waals surface area contributed by atoms with Crippen molar-refractivity contribution in [3.05, 3.63) is 86.3 Å². The first-order chi connectivity index (χ1) is 15.7. The lowest BCUT2D eigenvalue weighted by Crippen LogP contribution is -2.31. The smallest absolute Gasteiger partial charge is 0.274 e. The largest absolute Gasteiger partial charge is 0.330 e. The monoisotopic (exact) mass is 440 g/mol. The second kappa shape index (κ2) is 6.65. The van der Waals surface area contributed by atoms with Crippen LogP contribution in [0, 0.1) is 0 Å². The van der Waals surface area contributed by atoms with E-state index in [1.54, 1.807) is 16.3 Å². The minimum Gasteiger partial charge on any atom is -0.274 e. The summed E-state index contributed by atoms with van der Waals surface area (Å²) in [5.41, 5.74) is 4.65. The summed E-state index contributed by atoms with van der Waals surface area (Å²) in [6.07, 6.45) is 3.99. The van der Waals surface area contributed by atoms with E-state index in [2.05, 4.69) is 53.5 Å². The second-order valence-electron chi connectivity index (χ2n) is 8.89. The maximum absolute atomic E-state index is 13.0. The zero-order chi connectivity index (χ0) is 21.4. The quantitative estimate of drug-likeness (QED) is 0.471. The highest BCUT2D eigenvalue weighted by Crippen LogP contribution is 2.53. The van der Waals surface area contributed by atoms with E-state index in [9.17, 15) is 9.59 Å². The molecular formula is C25H20N4O2S. The minimum absolute atomic E-state index is 0.0354. The predicted octanol–water partition coefficient (Wildman–Crippen LogP) is 4.55. The maximum Gasteiger partial charge on any atom is 0.330 e. The standard InChI is InChI=1S/C25H20N4O2S/c30-23-19-22(29(14-11-12-14)25(31)28-23)26-21(13-9-10-13)27-24(19)32-20-17-7-3-1-5-15(17)16-6-2-4-8-18(16)20/h1-8,13-14,20H,9-12H2,(H,28,30,31). The topological polar surface area (TPSA) is 80.6 Å². The van der Waals surface area contributed by atoms with Crippen LogP contribution in [0.3, 0.4) is 0 Å². The van der Waals surface area contributed by atoms with Gasteiger partial charge in [0.15, 0.2) is 5.65 Å². The van der Waals surface area contributed by atoms with Crippen molar-refractivity contribution < 1.29 is 0 Å². The lowest BCUT2D eigenvalue weighted by Gasteiger charge is -2.16. The Labute approximate surface area is 187 Å². The van der Waals surface area contributed by atoms with Crippen LogP contribution in [0.1, 0.15) is 59.8 Å². The number of nitrogens with zero attached hydrogens (tertiary/aromatic N) is 3. The van der Waals surface area contributed by atoms with Crippen LogP contribution in [0.15, 0.2) is 63.1 Å². The number of nitrogens with one attached hydrogen (secondary N) is 1. The number of benzene rings is 2. The fourth-order valence-electron chi connectivity index (χ4n) is 4.76. The summed E-state index contributed by atoms with van der Waals surface area (Å²) in [7, 11) is 0. The van der Waals surface area contributed by atoms with Crippen molar-refractivity contribution in [2.45, 2.75) is 47.9 Å². The average molecular weight is 441 g/mol. The van der Waals surface area contributed by atoms with E-state index in [0.717, 1.165) is 31.5 Å². The predicted molar refractivity (Wildman–Crippen MR) is 124 cm³/mol. The van der Waals surface area contributed by atoms with Gasteiger partial charge in [0.05, 0.1) is 5.25 Å². The number of fused-ring (bicyclic) bond motifs is 4. The third kappa shape index (κ3) is 2.73. The molecule has 0 amide bonds. The van der Waals surface area contributed by atoms with E-state index < -0.39 is 5.56 Å². The molecule has 0 radical (unpaired) electrons. The van der Waals surface area contributed by atoms with Crippen molar-refractivity contribution in [3.8, 4) is 11.1 Å². The molecule has 0 saturated heterocycles. The van der Waals surface area contributed by atoms with E-state index in [-0.39, 0.29) is 17.0 Å². The molecule has 2 fully saturated rings. The second-order valence-corrected chi connectivity index (χ2v) is 9.99. The third-order valence-corrected chi connectivity index (χ3v) is 7.89. The fourth-order valence-corrected chi connectivity index (χ4v) is 6.10. The van der Waals surface area contributed by atoms with Crippen LogP contribution in [-0.2, 0) is 0 Å². The number of thioether (sulfide) groups is 1. The Morgan fingerprint density at radius 3 is 2.16 bits per heavy atom. The molecule has 6 nitrogen and oxygen atoms in total. The van der Waals surface area contributed by atoms with Crippen molar-refractivity contribution in [2.75, 3.05) is 0 Å². The molecule has 32 heavy (non-hydrogen) atoms. The lowest BCUT2D eigenvalue weighted by atomic mass is 10.1. The van der Waals surface area contributed by atoms with Crippen LogP contribution in [0.2, 0.25) is 0 Å². The number of hydrogen-bond donors (Lipinski definition) is 1. The molecule has 3 aliphatic rings. The van der Waals surface area contributed by atoms with E-state index in [4.69, 9.17) is 9.97 Å². The van der Waals surface area contributed by atoms with Crippen LogP contribution < -0.4 is 11.2 Å². The van der Waals surface area contributed by atoms with Gasteiger partial charge in [-0.15, -0.1) is 0 Å². The fraction of sp³-hybridized carbons (Fsp3) is 0.280. The molecule has 7 rings (SSSR count). The van der Waals surface area contributed by atoms with Gasteiger partial charge in [0.25, 0.3) is 5.56 Å². The molecule has 1 N–H and O–H groups in total. The molecule has 2 aromatic carbocycles. The highest BCUT2D eigenvalue weighted by atomic mass is 32.2. The van der Waals surface area contributed by atoms with Gasteiger partial charge in [0.2, 0.25) is 0 Å². The molecule has 2 heterocycles. The van der Waals surface area contributed by atoms with E-state index in [1.165, 1.54) is 22.3 Å². The van der Waals surface area contributed by atoms with E-state index in [0.29, 0.717) is 22.0 Å². The maximum atomic E-state index is 13.0. The Morgan fingerprint density at radius 1 is 0.875 bits per heavy atom. The zero-order valence-corrected chi connectivity index (χ0v) is 18.1. The van der Waals surface area contributed by atoms with Gasteiger partial charge in [-0.1, -0.05) is 60.3 Å². The van der Waals surface area contributed by atoms with Gasteiger partial charge >= 0.3 is 5.69 Å². The Hall–Kier alpha value is -3.19.